The zero-order valence-corrected chi connectivity index (χ0v) is 35.2. The molecule has 1 saturated carbocycles. The number of benzene rings is 3. The molecule has 0 bridgehead atoms. The van der Waals surface area contributed by atoms with Gasteiger partial charge in [0.1, 0.15) is 30.3 Å². The van der Waals surface area contributed by atoms with Crippen molar-refractivity contribution < 1.29 is 33.4 Å². The van der Waals surface area contributed by atoms with Crippen LogP contribution in [0.15, 0.2) is 72.8 Å². The average molecular weight is 808 g/mol. The van der Waals surface area contributed by atoms with E-state index in [4.69, 9.17) is 15.2 Å². The normalized spacial score (nSPS) is 19.7. The molecule has 1 saturated heterocycles. The summed E-state index contributed by atoms with van der Waals surface area (Å²) in [6.07, 6.45) is 8.47. The third kappa shape index (κ3) is 10.6. The van der Waals surface area contributed by atoms with E-state index in [9.17, 15) is 24.0 Å². The van der Waals surface area contributed by atoms with E-state index < -0.39 is 59.7 Å². The predicted molar refractivity (Wildman–Crippen MR) is 226 cm³/mol. The lowest BCUT2D eigenvalue weighted by molar-refractivity contribution is -0.142. The fourth-order valence-corrected chi connectivity index (χ4v) is 8.91. The summed E-state index contributed by atoms with van der Waals surface area (Å²) < 4.78 is 11.1. The zero-order valence-electron chi connectivity index (χ0n) is 35.2. The minimum Gasteiger partial charge on any atom is -0.449 e. The smallest absolute Gasteiger partial charge is 0.410 e. The number of rotatable bonds is 9. The molecule has 4 aliphatic rings. The van der Waals surface area contributed by atoms with E-state index in [-0.39, 0.29) is 31.4 Å². The first-order chi connectivity index (χ1) is 28.2. The van der Waals surface area contributed by atoms with Gasteiger partial charge in [-0.3, -0.25) is 19.3 Å². The number of likely N-dealkylation sites (tertiary alicyclic amines) is 1. The monoisotopic (exact) mass is 807 g/mol. The molecule has 316 valence electrons. The van der Waals surface area contributed by atoms with Crippen LogP contribution in [0.25, 0.3) is 11.1 Å². The van der Waals surface area contributed by atoms with Crippen molar-refractivity contribution in [3.63, 3.8) is 0 Å². The largest absolute Gasteiger partial charge is 0.449 e. The maximum Gasteiger partial charge on any atom is 0.410 e. The Bertz CT molecular complexity index is 1920. The molecule has 12 heteroatoms. The summed E-state index contributed by atoms with van der Waals surface area (Å²) in [7, 11) is 1.47. The highest BCUT2D eigenvalue weighted by Crippen LogP contribution is 2.44. The van der Waals surface area contributed by atoms with Gasteiger partial charge in [-0.05, 0) is 112 Å². The van der Waals surface area contributed by atoms with Gasteiger partial charge in [-0.1, -0.05) is 92.1 Å². The number of primary amides is 1. The molecule has 3 aliphatic carbocycles. The number of hydrogen-bond acceptors (Lipinski definition) is 7. The number of aryl methyl sites for hydroxylation is 2. The van der Waals surface area contributed by atoms with Gasteiger partial charge in [0.15, 0.2) is 0 Å². The maximum atomic E-state index is 14.2. The molecule has 0 radical (unpaired) electrons. The van der Waals surface area contributed by atoms with Crippen molar-refractivity contribution in [1.82, 2.24) is 20.4 Å². The highest BCUT2D eigenvalue weighted by atomic mass is 16.6. The van der Waals surface area contributed by atoms with Gasteiger partial charge in [0.05, 0.1) is 6.04 Å². The number of nitrogens with zero attached hydrogens (tertiary/aromatic N) is 2. The number of hydrogen-bond donors (Lipinski definition) is 3. The average Bonchev–Trinajstić information content (AvgIpc) is 3.80. The van der Waals surface area contributed by atoms with Gasteiger partial charge in [-0.2, -0.15) is 0 Å². The molecule has 4 atom stereocenters. The molecule has 3 unspecified atom stereocenters. The SMILES string of the molecule is C[C@@H](C(=O)NC(C(=O)N1CC(NC(=O)OCC2c3ccccc3-c3ccccc32)CC1C(N)=O)C1CCCCC1)N(C)C(=O)OC(C)(C)C.c1ccc2c(c1)CCCC2. The van der Waals surface area contributed by atoms with Crippen LogP contribution >= 0.6 is 0 Å². The van der Waals surface area contributed by atoms with Crippen molar-refractivity contribution in [2.24, 2.45) is 11.7 Å². The Morgan fingerprint density at radius 3 is 1.95 bits per heavy atom. The summed E-state index contributed by atoms with van der Waals surface area (Å²) in [5, 5.41) is 5.74. The van der Waals surface area contributed by atoms with E-state index in [1.165, 1.54) is 42.5 Å². The summed E-state index contributed by atoms with van der Waals surface area (Å²) in [6, 6.07) is 21.5. The minimum atomic E-state index is -0.976. The topological polar surface area (TPSA) is 160 Å². The van der Waals surface area contributed by atoms with E-state index in [0.29, 0.717) is 0 Å². The Morgan fingerprint density at radius 1 is 0.831 bits per heavy atom. The molecule has 3 aromatic carbocycles. The van der Waals surface area contributed by atoms with Crippen LogP contribution in [0, 0.1) is 5.92 Å². The lowest BCUT2D eigenvalue weighted by Crippen LogP contribution is -2.58. The standard InChI is InChI=1S/C37H49N5O7.C10H12/c1-22(41(5)36(47)49-37(2,3)4)33(44)40-31(23-13-7-6-8-14-23)34(45)42-20-24(19-30(42)32(38)43)39-35(46)48-21-29-27-17-11-9-15-25(27)26-16-10-12-18-28(26)29;1-2-6-10-8-4-3-7-9(10)5-1/h9-12,15-18,22-24,29-31H,6-8,13-14,19-21H2,1-5H3,(H2,38,43)(H,39,46)(H,40,44);1-2,5-6H,3-4,7-8H2/t22-,24?,30?,31?;/m0./s1. The van der Waals surface area contributed by atoms with Crippen molar-refractivity contribution in [1.29, 1.82) is 0 Å². The molecular formula is C47H61N5O7. The summed E-state index contributed by atoms with van der Waals surface area (Å²) in [4.78, 5) is 68.7. The molecular weight excluding hydrogens is 747 g/mol. The van der Waals surface area contributed by atoms with Crippen LogP contribution in [0.2, 0.25) is 0 Å². The number of alkyl carbamates (subject to hydrolysis) is 1. The number of carbonyl (C=O) groups excluding carboxylic acids is 5. The van der Waals surface area contributed by atoms with Gasteiger partial charge in [0.25, 0.3) is 0 Å². The first kappa shape index (κ1) is 43.2. The van der Waals surface area contributed by atoms with Crippen LogP contribution in [-0.4, -0.2) is 89.7 Å². The van der Waals surface area contributed by atoms with E-state index in [1.54, 1.807) is 38.8 Å². The van der Waals surface area contributed by atoms with E-state index in [2.05, 4.69) is 47.0 Å². The highest BCUT2D eigenvalue weighted by Gasteiger charge is 2.44. The first-order valence-electron chi connectivity index (χ1n) is 21.3. The molecule has 4 N–H and O–H groups in total. The van der Waals surface area contributed by atoms with Crippen molar-refractivity contribution in [2.75, 3.05) is 20.2 Å². The lowest BCUT2D eigenvalue weighted by atomic mass is 9.83. The van der Waals surface area contributed by atoms with Gasteiger partial charge in [-0.15, -0.1) is 0 Å². The Morgan fingerprint density at radius 2 is 1.39 bits per heavy atom. The fourth-order valence-electron chi connectivity index (χ4n) is 8.91. The van der Waals surface area contributed by atoms with Gasteiger partial charge >= 0.3 is 12.2 Å². The van der Waals surface area contributed by atoms with Gasteiger partial charge < -0.3 is 30.7 Å². The number of nitrogens with two attached hydrogens (primary N) is 1. The second-order valence-corrected chi connectivity index (χ2v) is 17.4. The molecule has 2 fully saturated rings. The van der Waals surface area contributed by atoms with Crippen LogP contribution in [0.5, 0.6) is 0 Å². The van der Waals surface area contributed by atoms with Gasteiger partial charge in [0.2, 0.25) is 17.7 Å². The predicted octanol–water partition coefficient (Wildman–Crippen LogP) is 6.87. The Balaban J connectivity index is 0.000000505. The summed E-state index contributed by atoms with van der Waals surface area (Å²) >= 11 is 0. The number of likely N-dealkylation sites (N-methyl/N-ethyl adjacent to an activating group) is 1. The quantitative estimate of drug-likeness (QED) is 0.213. The van der Waals surface area contributed by atoms with Crippen molar-refractivity contribution in [3.8, 4) is 11.1 Å². The zero-order chi connectivity index (χ0) is 42.3. The fraction of sp³-hybridized carbons (Fsp3) is 0.511. The molecule has 3 aromatic rings. The molecule has 7 rings (SSSR count). The van der Waals surface area contributed by atoms with Crippen LogP contribution in [0.3, 0.4) is 0 Å². The second-order valence-electron chi connectivity index (χ2n) is 17.4. The Hall–Kier alpha value is -5.39. The van der Waals surface area contributed by atoms with Crippen LogP contribution in [0.4, 0.5) is 9.59 Å². The van der Waals surface area contributed by atoms with Crippen LogP contribution in [0.1, 0.15) is 107 Å². The number of fused-ring (bicyclic) bond motifs is 4. The minimum absolute atomic E-state index is 0.0308. The summed E-state index contributed by atoms with van der Waals surface area (Å²) in [5.74, 6) is -1.92. The summed E-state index contributed by atoms with van der Waals surface area (Å²) in [5.41, 5.74) is 12.6. The van der Waals surface area contributed by atoms with Crippen molar-refractivity contribution in [3.05, 3.63) is 95.1 Å². The molecule has 0 aromatic heterocycles. The van der Waals surface area contributed by atoms with Crippen molar-refractivity contribution in [2.45, 2.75) is 128 Å². The molecule has 12 nitrogen and oxygen atoms in total. The van der Waals surface area contributed by atoms with E-state index in [0.717, 1.165) is 54.4 Å². The number of amides is 5. The molecule has 1 aliphatic heterocycles. The number of ether oxygens (including phenoxy) is 2. The van der Waals surface area contributed by atoms with Gasteiger partial charge in [-0.25, -0.2) is 9.59 Å². The molecule has 0 spiro atoms. The number of nitrogens with one attached hydrogen (secondary N) is 2. The van der Waals surface area contributed by atoms with Crippen LogP contribution < -0.4 is 16.4 Å². The number of carbonyl (C=O) groups is 5. The third-order valence-corrected chi connectivity index (χ3v) is 12.2. The van der Waals surface area contributed by atoms with E-state index >= 15 is 0 Å². The van der Waals surface area contributed by atoms with Crippen molar-refractivity contribution >= 4 is 29.9 Å². The Labute approximate surface area is 348 Å². The first-order valence-corrected chi connectivity index (χ1v) is 21.3. The van der Waals surface area contributed by atoms with Crippen LogP contribution in [-0.2, 0) is 36.7 Å². The lowest BCUT2D eigenvalue weighted by Gasteiger charge is -2.35. The van der Waals surface area contributed by atoms with E-state index in [1.807, 2.05) is 36.4 Å². The maximum absolute atomic E-state index is 14.2. The molecule has 59 heavy (non-hydrogen) atoms. The van der Waals surface area contributed by atoms with Gasteiger partial charge in [0, 0.05) is 19.5 Å². The molecule has 5 amide bonds. The highest BCUT2D eigenvalue weighted by molar-refractivity contribution is 5.94. The third-order valence-electron chi connectivity index (χ3n) is 12.2. The molecule has 1 heterocycles. The second kappa shape index (κ2) is 19.1. The summed E-state index contributed by atoms with van der Waals surface area (Å²) in [6.45, 7) is 6.94. The Kier molecular flexibility index (Phi) is 14.0.